The van der Waals surface area contributed by atoms with Crippen molar-refractivity contribution in [1.82, 2.24) is 0 Å². The zero-order chi connectivity index (χ0) is 15.8. The molecule has 0 bridgehead atoms. The summed E-state index contributed by atoms with van der Waals surface area (Å²) in [5, 5.41) is 0.454. The number of halogens is 2. The minimum Gasteiger partial charge on any atom is -0.237 e. The predicted molar refractivity (Wildman–Crippen MR) is 85.5 cm³/mol. The largest absolute Gasteiger partial charge is 0.237 e. The van der Waals surface area contributed by atoms with Crippen LogP contribution in [0.3, 0.4) is 0 Å². The second kappa shape index (κ2) is 5.67. The highest BCUT2D eigenvalue weighted by Gasteiger charge is 2.50. The molecular formula is C17H16ClFO2S. The number of rotatable bonds is 5. The van der Waals surface area contributed by atoms with Crippen LogP contribution in [0.1, 0.15) is 18.4 Å². The number of hydrogen-bond donors (Lipinski definition) is 0. The van der Waals surface area contributed by atoms with E-state index in [1.54, 1.807) is 30.3 Å². The van der Waals surface area contributed by atoms with Crippen molar-refractivity contribution in [1.29, 1.82) is 0 Å². The first kappa shape index (κ1) is 15.5. The zero-order valence-corrected chi connectivity index (χ0v) is 13.4. The van der Waals surface area contributed by atoms with E-state index < -0.39 is 21.3 Å². The number of alkyl halides is 1. The second-order valence-electron chi connectivity index (χ2n) is 5.72. The molecule has 1 fully saturated rings. The molecule has 0 spiro atoms. The van der Waals surface area contributed by atoms with Gasteiger partial charge in [0, 0.05) is 5.02 Å². The molecule has 3 rings (SSSR count). The van der Waals surface area contributed by atoms with Crippen LogP contribution in [0.2, 0.25) is 5.02 Å². The van der Waals surface area contributed by atoms with Gasteiger partial charge in [-0.3, -0.25) is 0 Å². The van der Waals surface area contributed by atoms with Gasteiger partial charge < -0.3 is 0 Å². The van der Waals surface area contributed by atoms with Crippen LogP contribution < -0.4 is 0 Å². The molecule has 0 radical (unpaired) electrons. The molecule has 5 heteroatoms. The molecule has 2 nitrogen and oxygen atoms in total. The molecule has 0 aliphatic heterocycles. The molecule has 22 heavy (non-hydrogen) atoms. The van der Waals surface area contributed by atoms with Crippen molar-refractivity contribution in [2.75, 3.05) is 5.75 Å². The molecule has 1 aliphatic carbocycles. The predicted octanol–water partition coefficient (Wildman–Crippen LogP) is 4.39. The fourth-order valence-electron chi connectivity index (χ4n) is 2.69. The van der Waals surface area contributed by atoms with Crippen molar-refractivity contribution < 1.29 is 12.8 Å². The summed E-state index contributed by atoms with van der Waals surface area (Å²) in [5.74, 6) is -0.756. The van der Waals surface area contributed by atoms with E-state index in [4.69, 9.17) is 11.6 Å². The molecule has 116 valence electrons. The normalized spacial score (nSPS) is 17.9. The van der Waals surface area contributed by atoms with Crippen molar-refractivity contribution in [3.63, 3.8) is 0 Å². The number of benzene rings is 2. The summed E-state index contributed by atoms with van der Waals surface area (Å²) >= 11 is 5.78. The Morgan fingerprint density at radius 1 is 1.05 bits per heavy atom. The van der Waals surface area contributed by atoms with Crippen LogP contribution in [-0.4, -0.2) is 14.2 Å². The van der Waals surface area contributed by atoms with Crippen molar-refractivity contribution in [3.8, 4) is 0 Å². The first-order valence-electron chi connectivity index (χ1n) is 7.14. The first-order valence-corrected chi connectivity index (χ1v) is 9.18. The summed E-state index contributed by atoms with van der Waals surface area (Å²) in [6, 6.07) is 14.5. The Bertz CT molecular complexity index is 755. The van der Waals surface area contributed by atoms with E-state index in [9.17, 15) is 8.42 Å². The highest BCUT2D eigenvalue weighted by Crippen LogP contribution is 2.49. The third kappa shape index (κ3) is 3.03. The molecule has 0 amide bonds. The molecule has 0 aromatic heterocycles. The van der Waals surface area contributed by atoms with Crippen molar-refractivity contribution in [2.24, 2.45) is 5.92 Å². The van der Waals surface area contributed by atoms with E-state index >= 15 is 4.39 Å². The second-order valence-corrected chi connectivity index (χ2v) is 8.14. The standard InChI is InChI=1S/C17H16ClFO2S/c18-15-8-10-16(11-9-15)22(20,21)12-17(19,14-6-7-14)13-4-2-1-3-5-13/h1-5,8-11,14H,6-7,12H2. The lowest BCUT2D eigenvalue weighted by atomic mass is 9.93. The maximum absolute atomic E-state index is 15.6. The summed E-state index contributed by atoms with van der Waals surface area (Å²) in [7, 11) is -3.72. The molecule has 1 aliphatic rings. The summed E-state index contributed by atoms with van der Waals surface area (Å²) < 4.78 is 40.7. The van der Waals surface area contributed by atoms with Gasteiger partial charge in [0.2, 0.25) is 0 Å². The Hall–Kier alpha value is -1.39. The average molecular weight is 339 g/mol. The topological polar surface area (TPSA) is 34.1 Å². The summed E-state index contributed by atoms with van der Waals surface area (Å²) in [5.41, 5.74) is -1.39. The van der Waals surface area contributed by atoms with Gasteiger partial charge in [-0.25, -0.2) is 12.8 Å². The van der Waals surface area contributed by atoms with Crippen LogP contribution in [0.25, 0.3) is 0 Å². The maximum atomic E-state index is 15.6. The highest BCUT2D eigenvalue weighted by atomic mass is 35.5. The zero-order valence-electron chi connectivity index (χ0n) is 11.9. The smallest absolute Gasteiger partial charge is 0.181 e. The molecule has 0 N–H and O–H groups in total. The van der Waals surface area contributed by atoms with Crippen LogP contribution in [0.4, 0.5) is 4.39 Å². The Morgan fingerprint density at radius 2 is 1.64 bits per heavy atom. The van der Waals surface area contributed by atoms with Gasteiger partial charge in [0.15, 0.2) is 15.5 Å². The fourth-order valence-corrected chi connectivity index (χ4v) is 4.49. The highest BCUT2D eigenvalue weighted by molar-refractivity contribution is 7.91. The monoisotopic (exact) mass is 338 g/mol. The third-order valence-corrected chi connectivity index (χ3v) is 6.09. The molecule has 2 aromatic rings. The minimum atomic E-state index is -3.72. The van der Waals surface area contributed by atoms with E-state index in [-0.39, 0.29) is 10.8 Å². The van der Waals surface area contributed by atoms with Crippen LogP contribution in [-0.2, 0) is 15.5 Å². The number of hydrogen-bond acceptors (Lipinski definition) is 2. The summed E-state index contributed by atoms with van der Waals surface area (Å²) in [6.45, 7) is 0. The van der Waals surface area contributed by atoms with E-state index in [1.165, 1.54) is 24.3 Å². The van der Waals surface area contributed by atoms with Crippen molar-refractivity contribution >= 4 is 21.4 Å². The number of sulfone groups is 1. The SMILES string of the molecule is O=S(=O)(CC(F)(c1ccccc1)C1CC1)c1ccc(Cl)cc1. The molecule has 1 atom stereocenters. The Morgan fingerprint density at radius 3 is 2.18 bits per heavy atom. The van der Waals surface area contributed by atoms with Crippen molar-refractivity contribution in [2.45, 2.75) is 23.4 Å². The fraction of sp³-hybridized carbons (Fsp3) is 0.294. The molecule has 2 aromatic carbocycles. The molecular weight excluding hydrogens is 323 g/mol. The van der Waals surface area contributed by atoms with Gasteiger partial charge in [-0.05, 0) is 48.6 Å². The molecule has 1 unspecified atom stereocenters. The van der Waals surface area contributed by atoms with Gasteiger partial charge in [0.05, 0.1) is 10.6 Å². The van der Waals surface area contributed by atoms with Crippen LogP contribution in [0.15, 0.2) is 59.5 Å². The molecule has 0 saturated heterocycles. The maximum Gasteiger partial charge on any atom is 0.181 e. The van der Waals surface area contributed by atoms with Gasteiger partial charge >= 0.3 is 0 Å². The van der Waals surface area contributed by atoms with Gasteiger partial charge in [0.25, 0.3) is 0 Å². The van der Waals surface area contributed by atoms with Gasteiger partial charge in [-0.2, -0.15) is 0 Å². The third-order valence-electron chi connectivity index (χ3n) is 4.05. The average Bonchev–Trinajstić information content (AvgIpc) is 3.33. The first-order chi connectivity index (χ1) is 10.4. The van der Waals surface area contributed by atoms with E-state index in [1.807, 2.05) is 0 Å². The molecule has 0 heterocycles. The Kier molecular flexibility index (Phi) is 4.00. The van der Waals surface area contributed by atoms with Crippen molar-refractivity contribution in [3.05, 3.63) is 65.2 Å². The molecule has 1 saturated carbocycles. The lowest BCUT2D eigenvalue weighted by Crippen LogP contribution is -2.32. The van der Waals surface area contributed by atoms with E-state index in [0.717, 1.165) is 12.8 Å². The minimum absolute atomic E-state index is 0.107. The lowest BCUT2D eigenvalue weighted by Gasteiger charge is -2.25. The summed E-state index contributed by atoms with van der Waals surface area (Å²) in [4.78, 5) is 0.107. The van der Waals surface area contributed by atoms with Crippen LogP contribution in [0, 0.1) is 5.92 Å². The van der Waals surface area contributed by atoms with E-state index in [0.29, 0.717) is 10.6 Å². The van der Waals surface area contributed by atoms with Crippen LogP contribution in [0.5, 0.6) is 0 Å². The van der Waals surface area contributed by atoms with Crippen LogP contribution >= 0.6 is 11.6 Å². The Labute approximate surface area is 134 Å². The Balaban J connectivity index is 1.96. The van der Waals surface area contributed by atoms with E-state index in [2.05, 4.69) is 0 Å². The van der Waals surface area contributed by atoms with Gasteiger partial charge in [-0.15, -0.1) is 0 Å². The lowest BCUT2D eigenvalue weighted by molar-refractivity contribution is 0.162. The summed E-state index contributed by atoms with van der Waals surface area (Å²) in [6.07, 6.45) is 1.45. The van der Waals surface area contributed by atoms with Gasteiger partial charge in [0.1, 0.15) is 0 Å². The quantitative estimate of drug-likeness (QED) is 0.810. The van der Waals surface area contributed by atoms with Gasteiger partial charge in [-0.1, -0.05) is 41.9 Å².